The smallest absolute Gasteiger partial charge is 0.0351 e. The molecule has 0 amide bonds. The van der Waals surface area contributed by atoms with Crippen LogP contribution < -0.4 is 0 Å². The molecule has 0 heterocycles. The maximum atomic E-state index is 3.84. The number of hydrogen-bond acceptors (Lipinski definition) is 0. The minimum atomic E-state index is 1.10. The van der Waals surface area contributed by atoms with Crippen LogP contribution in [0, 0.1) is 6.92 Å². The fourth-order valence-electron chi connectivity index (χ4n) is 1.35. The molecule has 0 aliphatic heterocycles. The minimum Gasteiger partial charge on any atom is -0.0885 e. The molecule has 0 atom stereocenters. The van der Waals surface area contributed by atoms with Crippen molar-refractivity contribution in [1.29, 1.82) is 0 Å². The molecular weight excluding hydrogens is 156 g/mol. The quantitative estimate of drug-likeness (QED) is 0.350. The Hall–Kier alpha value is -0.260. The molecule has 1 radical (unpaired) electrons. The Labute approximate surface area is 84.4 Å². The van der Waals surface area contributed by atoms with Gasteiger partial charge in [-0.1, -0.05) is 64.5 Å². The van der Waals surface area contributed by atoms with Gasteiger partial charge in [-0.3, -0.25) is 0 Å². The SMILES string of the molecule is [CH2]CCCCCC/C=C/CCCC. The van der Waals surface area contributed by atoms with Gasteiger partial charge in [-0.05, 0) is 19.3 Å². The van der Waals surface area contributed by atoms with Gasteiger partial charge in [0.25, 0.3) is 0 Å². The van der Waals surface area contributed by atoms with Crippen LogP contribution in [0.15, 0.2) is 12.2 Å². The summed E-state index contributed by atoms with van der Waals surface area (Å²) >= 11 is 0. The second kappa shape index (κ2) is 11.7. The maximum Gasteiger partial charge on any atom is -0.0351 e. The van der Waals surface area contributed by atoms with Gasteiger partial charge in [-0.2, -0.15) is 0 Å². The van der Waals surface area contributed by atoms with E-state index in [2.05, 4.69) is 26.0 Å². The maximum absolute atomic E-state index is 3.84. The lowest BCUT2D eigenvalue weighted by atomic mass is 10.1. The summed E-state index contributed by atoms with van der Waals surface area (Å²) in [4.78, 5) is 0. The average Bonchev–Trinajstić information content (AvgIpc) is 2.16. The van der Waals surface area contributed by atoms with Crippen molar-refractivity contribution in [3.8, 4) is 0 Å². The van der Waals surface area contributed by atoms with E-state index in [1.54, 1.807) is 0 Å². The van der Waals surface area contributed by atoms with E-state index >= 15 is 0 Å². The number of hydrogen-bond donors (Lipinski definition) is 0. The van der Waals surface area contributed by atoms with Crippen LogP contribution in [0.1, 0.15) is 64.7 Å². The predicted octanol–water partition coefficient (Wildman–Crippen LogP) is 4.91. The topological polar surface area (TPSA) is 0 Å². The lowest BCUT2D eigenvalue weighted by Crippen LogP contribution is -1.76. The summed E-state index contributed by atoms with van der Waals surface area (Å²) in [5, 5.41) is 0. The molecule has 0 spiro atoms. The number of unbranched alkanes of at least 4 members (excludes halogenated alkanes) is 7. The summed E-state index contributed by atoms with van der Waals surface area (Å²) in [6.45, 7) is 6.08. The van der Waals surface area contributed by atoms with E-state index in [1.165, 1.54) is 51.4 Å². The Morgan fingerprint density at radius 1 is 0.846 bits per heavy atom. The summed E-state index contributed by atoms with van der Waals surface area (Å²) in [6, 6.07) is 0. The van der Waals surface area contributed by atoms with Gasteiger partial charge in [-0.15, -0.1) is 0 Å². The number of allylic oxidation sites excluding steroid dienone is 2. The van der Waals surface area contributed by atoms with E-state index in [0.29, 0.717) is 0 Å². The second-order valence-electron chi connectivity index (χ2n) is 3.67. The van der Waals surface area contributed by atoms with Gasteiger partial charge >= 0.3 is 0 Å². The zero-order chi connectivity index (χ0) is 9.78. The first-order valence-corrected chi connectivity index (χ1v) is 5.86. The van der Waals surface area contributed by atoms with Crippen LogP contribution in [0.3, 0.4) is 0 Å². The first kappa shape index (κ1) is 12.7. The lowest BCUT2D eigenvalue weighted by Gasteiger charge is -1.95. The summed E-state index contributed by atoms with van der Waals surface area (Å²) in [5.41, 5.74) is 0. The van der Waals surface area contributed by atoms with Crippen molar-refractivity contribution in [2.75, 3.05) is 0 Å². The largest absolute Gasteiger partial charge is 0.0885 e. The Bertz CT molecular complexity index is 103. The third kappa shape index (κ3) is 11.7. The van der Waals surface area contributed by atoms with Crippen molar-refractivity contribution in [1.82, 2.24) is 0 Å². The summed E-state index contributed by atoms with van der Waals surface area (Å²) in [5.74, 6) is 0. The molecule has 0 fully saturated rings. The van der Waals surface area contributed by atoms with E-state index in [0.717, 1.165) is 6.42 Å². The summed E-state index contributed by atoms with van der Waals surface area (Å²) in [7, 11) is 0. The molecule has 0 unspecified atom stereocenters. The molecule has 0 bridgehead atoms. The van der Waals surface area contributed by atoms with E-state index in [-0.39, 0.29) is 0 Å². The van der Waals surface area contributed by atoms with E-state index in [4.69, 9.17) is 0 Å². The second-order valence-corrected chi connectivity index (χ2v) is 3.67. The molecule has 0 aliphatic rings. The highest BCUT2D eigenvalue weighted by molar-refractivity contribution is 4.80. The molecular formula is C13H25. The molecule has 77 valence electrons. The molecule has 0 saturated carbocycles. The molecule has 0 aromatic heterocycles. The van der Waals surface area contributed by atoms with Crippen LogP contribution in [0.4, 0.5) is 0 Å². The van der Waals surface area contributed by atoms with E-state index in [9.17, 15) is 0 Å². The molecule has 0 rings (SSSR count). The Kier molecular flexibility index (Phi) is 11.5. The van der Waals surface area contributed by atoms with Crippen LogP contribution in [0.2, 0.25) is 0 Å². The molecule has 0 aromatic carbocycles. The first-order valence-electron chi connectivity index (χ1n) is 5.86. The Morgan fingerprint density at radius 2 is 1.46 bits per heavy atom. The van der Waals surface area contributed by atoms with Crippen molar-refractivity contribution in [2.45, 2.75) is 64.7 Å². The van der Waals surface area contributed by atoms with Gasteiger partial charge in [0.2, 0.25) is 0 Å². The monoisotopic (exact) mass is 181 g/mol. The van der Waals surface area contributed by atoms with E-state index in [1.807, 2.05) is 0 Å². The predicted molar refractivity (Wildman–Crippen MR) is 61.7 cm³/mol. The van der Waals surface area contributed by atoms with Crippen LogP contribution in [0.5, 0.6) is 0 Å². The molecule has 0 heteroatoms. The zero-order valence-corrected chi connectivity index (χ0v) is 9.23. The molecule has 0 nitrogen and oxygen atoms in total. The average molecular weight is 181 g/mol. The minimum absolute atomic E-state index is 1.10. The molecule has 13 heavy (non-hydrogen) atoms. The standard InChI is InChI=1S/C13H25/c1-3-5-7-9-11-13-12-10-8-6-4-2/h10,12H,1,3-9,11,13H2,2H3/b12-10+. The van der Waals surface area contributed by atoms with Gasteiger partial charge in [0.05, 0.1) is 0 Å². The van der Waals surface area contributed by atoms with Crippen molar-refractivity contribution in [3.63, 3.8) is 0 Å². The fourth-order valence-corrected chi connectivity index (χ4v) is 1.35. The van der Waals surface area contributed by atoms with Crippen LogP contribution in [-0.4, -0.2) is 0 Å². The highest BCUT2D eigenvalue weighted by Crippen LogP contribution is 2.05. The van der Waals surface area contributed by atoms with Gasteiger partial charge in [0, 0.05) is 0 Å². The van der Waals surface area contributed by atoms with Crippen LogP contribution in [-0.2, 0) is 0 Å². The Morgan fingerprint density at radius 3 is 2.08 bits per heavy atom. The molecule has 0 N–H and O–H groups in total. The fraction of sp³-hybridized carbons (Fsp3) is 0.769. The van der Waals surface area contributed by atoms with Crippen molar-refractivity contribution in [3.05, 3.63) is 19.1 Å². The van der Waals surface area contributed by atoms with Gasteiger partial charge in [-0.25, -0.2) is 0 Å². The first-order chi connectivity index (χ1) is 6.41. The molecule has 0 saturated heterocycles. The van der Waals surface area contributed by atoms with Gasteiger partial charge in [0.1, 0.15) is 0 Å². The summed E-state index contributed by atoms with van der Waals surface area (Å²) in [6.07, 6.45) is 16.4. The van der Waals surface area contributed by atoms with Crippen molar-refractivity contribution < 1.29 is 0 Å². The third-order valence-corrected chi connectivity index (χ3v) is 2.26. The van der Waals surface area contributed by atoms with E-state index < -0.39 is 0 Å². The van der Waals surface area contributed by atoms with Gasteiger partial charge in [0.15, 0.2) is 0 Å². The lowest BCUT2D eigenvalue weighted by molar-refractivity contribution is 0.650. The van der Waals surface area contributed by atoms with Gasteiger partial charge < -0.3 is 0 Å². The molecule has 0 aliphatic carbocycles. The number of rotatable bonds is 9. The summed E-state index contributed by atoms with van der Waals surface area (Å²) < 4.78 is 0. The highest BCUT2D eigenvalue weighted by atomic mass is 13.9. The normalized spacial score (nSPS) is 11.2. The molecule has 0 aromatic rings. The highest BCUT2D eigenvalue weighted by Gasteiger charge is 1.86. The third-order valence-electron chi connectivity index (χ3n) is 2.26. The van der Waals surface area contributed by atoms with Crippen LogP contribution >= 0.6 is 0 Å². The van der Waals surface area contributed by atoms with Crippen LogP contribution in [0.25, 0.3) is 0 Å². The zero-order valence-electron chi connectivity index (χ0n) is 9.23. The van der Waals surface area contributed by atoms with Crippen molar-refractivity contribution >= 4 is 0 Å². The Balaban J connectivity index is 2.93. The van der Waals surface area contributed by atoms with Crippen molar-refractivity contribution in [2.24, 2.45) is 0 Å².